The van der Waals surface area contributed by atoms with E-state index < -0.39 is 0 Å². The highest BCUT2D eigenvalue weighted by atomic mass is 16.2. The number of pyridine rings is 1. The first-order chi connectivity index (χ1) is 10.2. The zero-order valence-corrected chi connectivity index (χ0v) is 13.9. The minimum atomic E-state index is 0.102. The first-order valence-corrected chi connectivity index (χ1v) is 8.14. The van der Waals surface area contributed by atoms with Crippen LogP contribution in [0.3, 0.4) is 0 Å². The van der Waals surface area contributed by atoms with Crippen LogP contribution in [-0.2, 0) is 0 Å². The Balaban J connectivity index is 2.89. The lowest BCUT2D eigenvalue weighted by Gasteiger charge is -2.26. The molecule has 0 saturated carbocycles. The van der Waals surface area contributed by atoms with Crippen LogP contribution in [0.5, 0.6) is 0 Å². The number of aromatic nitrogens is 1. The number of nitrogens with one attached hydrogen (secondary N) is 1. The van der Waals surface area contributed by atoms with Crippen LogP contribution in [0.15, 0.2) is 18.5 Å². The van der Waals surface area contributed by atoms with Crippen molar-refractivity contribution in [3.8, 4) is 0 Å². The predicted octanol–water partition coefficient (Wildman–Crippen LogP) is 3.80. The molecule has 1 heterocycles. The monoisotopic (exact) mass is 291 g/mol. The van der Waals surface area contributed by atoms with Crippen LogP contribution >= 0.6 is 0 Å². The van der Waals surface area contributed by atoms with Gasteiger partial charge in [-0.05, 0) is 25.3 Å². The Kier molecular flexibility index (Phi) is 7.80. The van der Waals surface area contributed by atoms with Crippen molar-refractivity contribution in [3.63, 3.8) is 0 Å². The van der Waals surface area contributed by atoms with Crippen LogP contribution in [-0.4, -0.2) is 35.4 Å². The maximum atomic E-state index is 12.8. The van der Waals surface area contributed by atoms with E-state index in [1.807, 2.05) is 17.9 Å². The first-order valence-electron chi connectivity index (χ1n) is 8.14. The summed E-state index contributed by atoms with van der Waals surface area (Å²) in [7, 11) is 0. The van der Waals surface area contributed by atoms with E-state index in [4.69, 9.17) is 0 Å². The summed E-state index contributed by atoms with van der Waals surface area (Å²) >= 11 is 0. The summed E-state index contributed by atoms with van der Waals surface area (Å²) in [4.78, 5) is 18.9. The molecule has 1 N–H and O–H groups in total. The van der Waals surface area contributed by atoms with Crippen LogP contribution < -0.4 is 5.32 Å². The molecule has 0 saturated heterocycles. The number of carbonyl (C=O) groups is 1. The molecular formula is C17H29N3O. The predicted molar refractivity (Wildman–Crippen MR) is 88.7 cm³/mol. The Morgan fingerprint density at radius 1 is 1.29 bits per heavy atom. The number of rotatable bonds is 9. The van der Waals surface area contributed by atoms with Crippen molar-refractivity contribution in [2.45, 2.75) is 47.0 Å². The molecule has 0 aliphatic carbocycles. The molecule has 0 unspecified atom stereocenters. The Bertz CT molecular complexity index is 430. The quantitative estimate of drug-likeness (QED) is 0.752. The zero-order valence-electron chi connectivity index (χ0n) is 13.9. The lowest BCUT2D eigenvalue weighted by atomic mass is 10.0. The highest BCUT2D eigenvalue weighted by Crippen LogP contribution is 2.18. The van der Waals surface area contributed by atoms with E-state index in [9.17, 15) is 4.79 Å². The van der Waals surface area contributed by atoms with Gasteiger partial charge in [-0.15, -0.1) is 0 Å². The molecule has 0 atom stereocenters. The van der Waals surface area contributed by atoms with Gasteiger partial charge in [-0.1, -0.05) is 33.6 Å². The number of anilines is 1. The molecule has 1 aromatic rings. The average molecular weight is 291 g/mol. The summed E-state index contributed by atoms with van der Waals surface area (Å²) in [6, 6.07) is 1.82. The maximum Gasteiger partial charge on any atom is 0.256 e. The van der Waals surface area contributed by atoms with Crippen molar-refractivity contribution in [1.82, 2.24) is 9.88 Å². The van der Waals surface area contributed by atoms with Gasteiger partial charge in [0.1, 0.15) is 0 Å². The molecule has 1 rings (SSSR count). The molecule has 4 nitrogen and oxygen atoms in total. The van der Waals surface area contributed by atoms with Gasteiger partial charge in [0, 0.05) is 25.8 Å². The van der Waals surface area contributed by atoms with Crippen LogP contribution in [0, 0.1) is 5.92 Å². The minimum Gasteiger partial charge on any atom is -0.383 e. The summed E-state index contributed by atoms with van der Waals surface area (Å²) in [6.45, 7) is 10.9. The Hall–Kier alpha value is -1.58. The third-order valence-electron chi connectivity index (χ3n) is 3.92. The summed E-state index contributed by atoms with van der Waals surface area (Å²) < 4.78 is 0. The van der Waals surface area contributed by atoms with Gasteiger partial charge in [0.15, 0.2) is 0 Å². The van der Waals surface area contributed by atoms with E-state index in [-0.39, 0.29) is 5.91 Å². The van der Waals surface area contributed by atoms with Gasteiger partial charge in [0.25, 0.3) is 5.91 Å². The standard InChI is InChI=1S/C17H29N3O/c1-5-10-19-16-12-18-11-9-15(16)17(21)20(8-4)13-14(6-2)7-3/h9,11-12,14,19H,5-8,10,13H2,1-4H3. The van der Waals surface area contributed by atoms with E-state index in [2.05, 4.69) is 31.1 Å². The molecule has 0 bridgehead atoms. The second-order valence-corrected chi connectivity index (χ2v) is 5.37. The minimum absolute atomic E-state index is 0.102. The molecule has 4 heteroatoms. The van der Waals surface area contributed by atoms with E-state index in [0.717, 1.165) is 50.1 Å². The van der Waals surface area contributed by atoms with Gasteiger partial charge in [-0.3, -0.25) is 9.78 Å². The van der Waals surface area contributed by atoms with Gasteiger partial charge in [-0.2, -0.15) is 0 Å². The fraction of sp³-hybridized carbons (Fsp3) is 0.647. The number of nitrogens with zero attached hydrogens (tertiary/aromatic N) is 2. The topological polar surface area (TPSA) is 45.2 Å². The molecule has 1 amide bonds. The lowest BCUT2D eigenvalue weighted by molar-refractivity contribution is 0.0736. The average Bonchev–Trinajstić information content (AvgIpc) is 2.54. The number of carbonyl (C=O) groups excluding carboxylic acids is 1. The molecule has 0 spiro atoms. The summed E-state index contributed by atoms with van der Waals surface area (Å²) in [5, 5.41) is 3.29. The zero-order chi connectivity index (χ0) is 15.7. The van der Waals surface area contributed by atoms with Gasteiger partial charge >= 0.3 is 0 Å². The molecule has 0 aromatic carbocycles. The SMILES string of the molecule is CCCNc1cnccc1C(=O)N(CC)CC(CC)CC. The fourth-order valence-corrected chi connectivity index (χ4v) is 2.37. The van der Waals surface area contributed by atoms with Gasteiger partial charge < -0.3 is 10.2 Å². The molecule has 0 aliphatic rings. The van der Waals surface area contributed by atoms with E-state index in [1.165, 1.54) is 0 Å². The van der Waals surface area contributed by atoms with Gasteiger partial charge in [0.2, 0.25) is 0 Å². The second-order valence-electron chi connectivity index (χ2n) is 5.37. The molecule has 21 heavy (non-hydrogen) atoms. The van der Waals surface area contributed by atoms with Crippen molar-refractivity contribution in [1.29, 1.82) is 0 Å². The highest BCUT2D eigenvalue weighted by molar-refractivity contribution is 5.99. The highest BCUT2D eigenvalue weighted by Gasteiger charge is 2.19. The molecule has 0 aliphatic heterocycles. The number of hydrogen-bond donors (Lipinski definition) is 1. The van der Waals surface area contributed by atoms with Crippen molar-refractivity contribution in [2.75, 3.05) is 25.0 Å². The van der Waals surface area contributed by atoms with Crippen LogP contribution in [0.25, 0.3) is 0 Å². The largest absolute Gasteiger partial charge is 0.383 e. The fourth-order valence-electron chi connectivity index (χ4n) is 2.37. The Morgan fingerprint density at radius 2 is 2.00 bits per heavy atom. The van der Waals surface area contributed by atoms with E-state index in [0.29, 0.717) is 5.92 Å². The molecule has 1 aromatic heterocycles. The first kappa shape index (κ1) is 17.5. The third kappa shape index (κ3) is 5.03. The van der Waals surface area contributed by atoms with Gasteiger partial charge in [-0.25, -0.2) is 0 Å². The van der Waals surface area contributed by atoms with Crippen molar-refractivity contribution in [2.24, 2.45) is 5.92 Å². The Labute approximate surface area is 129 Å². The smallest absolute Gasteiger partial charge is 0.256 e. The van der Waals surface area contributed by atoms with Crippen LogP contribution in [0.4, 0.5) is 5.69 Å². The third-order valence-corrected chi connectivity index (χ3v) is 3.92. The molecule has 0 fully saturated rings. The summed E-state index contributed by atoms with van der Waals surface area (Å²) in [5.74, 6) is 0.674. The molecular weight excluding hydrogens is 262 g/mol. The molecule has 0 radical (unpaired) electrons. The van der Waals surface area contributed by atoms with Gasteiger partial charge in [0.05, 0.1) is 17.4 Å². The summed E-state index contributed by atoms with van der Waals surface area (Å²) in [5.41, 5.74) is 1.57. The number of amides is 1. The van der Waals surface area contributed by atoms with Crippen molar-refractivity contribution < 1.29 is 4.79 Å². The normalized spacial score (nSPS) is 10.7. The number of hydrogen-bond acceptors (Lipinski definition) is 3. The van der Waals surface area contributed by atoms with E-state index in [1.54, 1.807) is 12.4 Å². The van der Waals surface area contributed by atoms with Crippen LogP contribution in [0.1, 0.15) is 57.3 Å². The second kappa shape index (κ2) is 9.37. The van der Waals surface area contributed by atoms with Crippen LogP contribution in [0.2, 0.25) is 0 Å². The van der Waals surface area contributed by atoms with Crippen molar-refractivity contribution in [3.05, 3.63) is 24.0 Å². The van der Waals surface area contributed by atoms with Crippen molar-refractivity contribution >= 4 is 11.6 Å². The Morgan fingerprint density at radius 3 is 2.57 bits per heavy atom. The maximum absolute atomic E-state index is 12.8. The molecule has 118 valence electrons. The summed E-state index contributed by atoms with van der Waals surface area (Å²) in [6.07, 6.45) is 6.67. The lowest BCUT2D eigenvalue weighted by Crippen LogP contribution is -2.35. The van der Waals surface area contributed by atoms with E-state index >= 15 is 0 Å².